The molecule has 3 aromatic carbocycles. The molecule has 7 heteroatoms. The first kappa shape index (κ1) is 21.0. The van der Waals surface area contributed by atoms with E-state index in [4.69, 9.17) is 14.2 Å². The summed E-state index contributed by atoms with van der Waals surface area (Å²) < 4.78 is 15.8. The van der Waals surface area contributed by atoms with Gasteiger partial charge in [-0.1, -0.05) is 36.4 Å². The molecule has 0 radical (unpaired) electrons. The highest BCUT2D eigenvalue weighted by Gasteiger charge is 2.17. The molecule has 0 aliphatic carbocycles. The fraction of sp³-hybridized carbons (Fsp3) is 0.217. The number of rotatable bonds is 8. The molecule has 0 bridgehead atoms. The van der Waals surface area contributed by atoms with Crippen molar-refractivity contribution in [1.29, 1.82) is 0 Å². The molecular weight excluding hydrogens is 384 g/mol. The second-order valence-corrected chi connectivity index (χ2v) is 6.45. The van der Waals surface area contributed by atoms with E-state index in [1.54, 1.807) is 18.2 Å². The molecule has 0 heterocycles. The van der Waals surface area contributed by atoms with E-state index >= 15 is 0 Å². The van der Waals surface area contributed by atoms with Crippen LogP contribution in [-0.2, 0) is 0 Å². The number of ether oxygens (including phenoxy) is 3. The van der Waals surface area contributed by atoms with Crippen LogP contribution in [0, 0.1) is 0 Å². The molecule has 0 aliphatic rings. The smallest absolute Gasteiger partial charge is 0.251 e. The van der Waals surface area contributed by atoms with Gasteiger partial charge < -0.3 is 24.8 Å². The molecule has 3 rings (SSSR count). The predicted molar refractivity (Wildman–Crippen MR) is 115 cm³/mol. The Morgan fingerprint density at radius 3 is 2.00 bits per heavy atom. The summed E-state index contributed by atoms with van der Waals surface area (Å²) in [6.45, 7) is 0.560. The van der Waals surface area contributed by atoms with Crippen LogP contribution in [0.3, 0.4) is 0 Å². The van der Waals surface area contributed by atoms with Crippen molar-refractivity contribution in [3.05, 3.63) is 65.7 Å². The lowest BCUT2D eigenvalue weighted by Gasteiger charge is -2.14. The SMILES string of the molecule is COc1cc(C(=O)NCCNC(=O)c2cccc3ccccc23)cc(OC)c1OC. The monoisotopic (exact) mass is 408 g/mol. The van der Waals surface area contributed by atoms with E-state index in [-0.39, 0.29) is 24.9 Å². The molecule has 3 aromatic rings. The van der Waals surface area contributed by atoms with Gasteiger partial charge >= 0.3 is 0 Å². The summed E-state index contributed by atoms with van der Waals surface area (Å²) in [7, 11) is 4.47. The summed E-state index contributed by atoms with van der Waals surface area (Å²) in [6, 6.07) is 16.5. The van der Waals surface area contributed by atoms with Crippen molar-refractivity contribution in [3.8, 4) is 17.2 Å². The lowest BCUT2D eigenvalue weighted by molar-refractivity contribution is 0.0928. The van der Waals surface area contributed by atoms with Crippen molar-refractivity contribution in [2.24, 2.45) is 0 Å². The van der Waals surface area contributed by atoms with Crippen LogP contribution in [0.15, 0.2) is 54.6 Å². The fourth-order valence-electron chi connectivity index (χ4n) is 3.18. The maximum absolute atomic E-state index is 12.5. The molecule has 0 unspecified atom stereocenters. The second-order valence-electron chi connectivity index (χ2n) is 6.45. The topological polar surface area (TPSA) is 85.9 Å². The molecule has 0 aromatic heterocycles. The molecule has 0 fully saturated rings. The van der Waals surface area contributed by atoms with Crippen LogP contribution in [0.25, 0.3) is 10.8 Å². The Balaban J connectivity index is 1.60. The van der Waals surface area contributed by atoms with Gasteiger partial charge in [0.05, 0.1) is 21.3 Å². The number of hydrogen-bond acceptors (Lipinski definition) is 5. The predicted octanol–water partition coefficient (Wildman–Crippen LogP) is 3.03. The van der Waals surface area contributed by atoms with Gasteiger partial charge in [0.15, 0.2) is 11.5 Å². The van der Waals surface area contributed by atoms with Crippen LogP contribution in [0.2, 0.25) is 0 Å². The number of nitrogens with one attached hydrogen (secondary N) is 2. The largest absolute Gasteiger partial charge is 0.493 e. The Bertz CT molecular complexity index is 1030. The molecule has 7 nitrogen and oxygen atoms in total. The van der Waals surface area contributed by atoms with Gasteiger partial charge in [0.25, 0.3) is 11.8 Å². The Kier molecular flexibility index (Phi) is 6.75. The standard InChI is InChI=1S/C23H24N2O5/c1-28-19-13-16(14-20(29-2)21(19)30-3)22(26)24-11-12-25-23(27)18-10-6-8-15-7-4-5-9-17(15)18/h4-10,13-14H,11-12H2,1-3H3,(H,24,26)(H,25,27). The average Bonchev–Trinajstić information content (AvgIpc) is 2.79. The maximum Gasteiger partial charge on any atom is 0.251 e. The summed E-state index contributed by atoms with van der Waals surface area (Å²) in [4.78, 5) is 25.0. The highest BCUT2D eigenvalue weighted by Crippen LogP contribution is 2.38. The highest BCUT2D eigenvalue weighted by atomic mass is 16.5. The van der Waals surface area contributed by atoms with Crippen LogP contribution in [0.1, 0.15) is 20.7 Å². The third-order valence-electron chi connectivity index (χ3n) is 4.66. The zero-order valence-electron chi connectivity index (χ0n) is 17.2. The summed E-state index contributed by atoms with van der Waals surface area (Å²) in [6.07, 6.45) is 0. The number of hydrogen-bond donors (Lipinski definition) is 2. The van der Waals surface area contributed by atoms with Gasteiger partial charge in [-0.05, 0) is 29.0 Å². The van der Waals surface area contributed by atoms with Crippen LogP contribution in [-0.4, -0.2) is 46.2 Å². The Morgan fingerprint density at radius 2 is 1.37 bits per heavy atom. The van der Waals surface area contributed by atoms with E-state index in [1.165, 1.54) is 21.3 Å². The normalized spacial score (nSPS) is 10.4. The van der Waals surface area contributed by atoms with Gasteiger partial charge in [0, 0.05) is 24.2 Å². The van der Waals surface area contributed by atoms with E-state index in [1.807, 2.05) is 36.4 Å². The molecule has 0 saturated heterocycles. The van der Waals surface area contributed by atoms with Gasteiger partial charge in [0.2, 0.25) is 5.75 Å². The number of fused-ring (bicyclic) bond motifs is 1. The summed E-state index contributed by atoms with van der Waals surface area (Å²) in [5.41, 5.74) is 0.967. The lowest BCUT2D eigenvalue weighted by Crippen LogP contribution is -2.34. The zero-order valence-corrected chi connectivity index (χ0v) is 17.2. The maximum atomic E-state index is 12.5. The van der Waals surface area contributed by atoms with E-state index in [9.17, 15) is 9.59 Å². The second kappa shape index (κ2) is 9.65. The first-order valence-corrected chi connectivity index (χ1v) is 9.43. The van der Waals surface area contributed by atoms with Crippen LogP contribution in [0.5, 0.6) is 17.2 Å². The fourth-order valence-corrected chi connectivity index (χ4v) is 3.18. The van der Waals surface area contributed by atoms with Crippen LogP contribution in [0.4, 0.5) is 0 Å². The Labute approximate surface area is 174 Å². The minimum Gasteiger partial charge on any atom is -0.493 e. The molecular formula is C23H24N2O5. The minimum absolute atomic E-state index is 0.186. The van der Waals surface area contributed by atoms with Crippen molar-refractivity contribution in [3.63, 3.8) is 0 Å². The minimum atomic E-state index is -0.311. The number of methoxy groups -OCH3 is 3. The molecule has 2 amide bonds. The number of benzene rings is 3. The van der Waals surface area contributed by atoms with Crippen molar-refractivity contribution in [2.45, 2.75) is 0 Å². The lowest BCUT2D eigenvalue weighted by atomic mass is 10.0. The first-order chi connectivity index (χ1) is 14.6. The van der Waals surface area contributed by atoms with Crippen molar-refractivity contribution < 1.29 is 23.8 Å². The molecule has 0 saturated carbocycles. The molecule has 0 aliphatic heterocycles. The summed E-state index contributed by atoms with van der Waals surface area (Å²) in [5, 5.41) is 7.50. The summed E-state index contributed by atoms with van der Waals surface area (Å²) in [5.74, 6) is 0.707. The van der Waals surface area contributed by atoms with Crippen molar-refractivity contribution in [2.75, 3.05) is 34.4 Å². The average molecular weight is 408 g/mol. The Hall–Kier alpha value is -3.74. The number of carbonyl (C=O) groups excluding carboxylic acids is 2. The zero-order chi connectivity index (χ0) is 21.5. The van der Waals surface area contributed by atoms with E-state index in [2.05, 4.69) is 10.6 Å². The van der Waals surface area contributed by atoms with Gasteiger partial charge in [0.1, 0.15) is 0 Å². The quantitative estimate of drug-likeness (QED) is 0.560. The molecule has 30 heavy (non-hydrogen) atoms. The first-order valence-electron chi connectivity index (χ1n) is 9.43. The number of amides is 2. The third kappa shape index (κ3) is 4.46. The molecule has 0 atom stereocenters. The Morgan fingerprint density at radius 1 is 0.767 bits per heavy atom. The molecule has 2 N–H and O–H groups in total. The van der Waals surface area contributed by atoms with Gasteiger partial charge in [-0.25, -0.2) is 0 Å². The van der Waals surface area contributed by atoms with E-state index in [0.29, 0.717) is 28.4 Å². The molecule has 0 spiro atoms. The molecule has 156 valence electrons. The van der Waals surface area contributed by atoms with Crippen LogP contribution >= 0.6 is 0 Å². The highest BCUT2D eigenvalue weighted by molar-refractivity contribution is 6.07. The van der Waals surface area contributed by atoms with Crippen molar-refractivity contribution >= 4 is 22.6 Å². The van der Waals surface area contributed by atoms with Gasteiger partial charge in [-0.2, -0.15) is 0 Å². The third-order valence-corrected chi connectivity index (χ3v) is 4.66. The van der Waals surface area contributed by atoms with E-state index in [0.717, 1.165) is 10.8 Å². The van der Waals surface area contributed by atoms with Crippen molar-refractivity contribution in [1.82, 2.24) is 10.6 Å². The number of carbonyl (C=O) groups is 2. The van der Waals surface area contributed by atoms with Crippen LogP contribution < -0.4 is 24.8 Å². The van der Waals surface area contributed by atoms with Gasteiger partial charge in [-0.15, -0.1) is 0 Å². The van der Waals surface area contributed by atoms with Gasteiger partial charge in [-0.3, -0.25) is 9.59 Å². The summed E-state index contributed by atoms with van der Waals surface area (Å²) >= 11 is 0. The van der Waals surface area contributed by atoms with E-state index < -0.39 is 0 Å².